The SMILES string of the molecule is COc1cc(CNC(C)CCc2ccccc2)cc(Br)c1OCc1ccccc1F.Cl. The van der Waals surface area contributed by atoms with Gasteiger partial charge in [0.25, 0.3) is 0 Å². The summed E-state index contributed by atoms with van der Waals surface area (Å²) >= 11 is 3.57. The van der Waals surface area contributed by atoms with Crippen LogP contribution < -0.4 is 14.8 Å². The Bertz CT molecular complexity index is 956. The highest BCUT2D eigenvalue weighted by atomic mass is 79.9. The van der Waals surface area contributed by atoms with Crippen molar-refractivity contribution >= 4 is 28.3 Å². The van der Waals surface area contributed by atoms with Crippen LogP contribution in [0.4, 0.5) is 4.39 Å². The zero-order valence-electron chi connectivity index (χ0n) is 17.7. The lowest BCUT2D eigenvalue weighted by Crippen LogP contribution is -2.26. The molecule has 0 saturated heterocycles. The van der Waals surface area contributed by atoms with Crippen LogP contribution in [0.5, 0.6) is 11.5 Å². The van der Waals surface area contributed by atoms with Crippen LogP contribution in [0.3, 0.4) is 0 Å². The minimum atomic E-state index is -0.280. The Balaban J connectivity index is 0.00000341. The molecule has 6 heteroatoms. The van der Waals surface area contributed by atoms with Crippen LogP contribution in [-0.4, -0.2) is 13.2 Å². The summed E-state index contributed by atoms with van der Waals surface area (Å²) in [5, 5.41) is 3.57. The Morgan fingerprint density at radius 1 is 1.00 bits per heavy atom. The van der Waals surface area contributed by atoms with E-state index in [-0.39, 0.29) is 24.8 Å². The number of methoxy groups -OCH3 is 1. The normalized spacial score (nSPS) is 11.5. The third-order valence-electron chi connectivity index (χ3n) is 4.98. The third kappa shape index (κ3) is 7.53. The molecule has 3 aromatic carbocycles. The molecule has 0 spiro atoms. The molecule has 0 fully saturated rings. The Labute approximate surface area is 198 Å². The van der Waals surface area contributed by atoms with E-state index < -0.39 is 0 Å². The number of nitrogens with one attached hydrogen (secondary N) is 1. The molecule has 31 heavy (non-hydrogen) atoms. The Morgan fingerprint density at radius 2 is 1.71 bits per heavy atom. The van der Waals surface area contributed by atoms with E-state index in [0.717, 1.165) is 29.4 Å². The fourth-order valence-electron chi connectivity index (χ4n) is 3.20. The van der Waals surface area contributed by atoms with Crippen molar-refractivity contribution in [2.45, 2.75) is 39.0 Å². The van der Waals surface area contributed by atoms with Crippen LogP contribution in [0.1, 0.15) is 30.0 Å². The first-order chi connectivity index (χ1) is 14.6. The molecule has 3 aromatic rings. The van der Waals surface area contributed by atoms with Crippen LogP contribution >= 0.6 is 28.3 Å². The van der Waals surface area contributed by atoms with E-state index in [0.29, 0.717) is 23.1 Å². The summed E-state index contributed by atoms with van der Waals surface area (Å²) in [6, 6.07) is 21.5. The molecule has 0 heterocycles. The van der Waals surface area contributed by atoms with E-state index in [9.17, 15) is 4.39 Å². The first kappa shape index (κ1) is 25.2. The van der Waals surface area contributed by atoms with Crippen molar-refractivity contribution in [1.82, 2.24) is 5.32 Å². The maximum absolute atomic E-state index is 13.9. The van der Waals surface area contributed by atoms with Crippen molar-refractivity contribution in [2.75, 3.05) is 7.11 Å². The van der Waals surface area contributed by atoms with Gasteiger partial charge in [0.05, 0.1) is 11.6 Å². The zero-order valence-corrected chi connectivity index (χ0v) is 20.1. The van der Waals surface area contributed by atoms with Crippen molar-refractivity contribution in [3.05, 3.63) is 93.7 Å². The highest BCUT2D eigenvalue weighted by Gasteiger charge is 2.13. The average Bonchev–Trinajstić information content (AvgIpc) is 2.77. The smallest absolute Gasteiger partial charge is 0.175 e. The summed E-state index contributed by atoms with van der Waals surface area (Å²) in [6.07, 6.45) is 2.11. The summed E-state index contributed by atoms with van der Waals surface area (Å²) in [6.45, 7) is 3.05. The van der Waals surface area contributed by atoms with Crippen molar-refractivity contribution in [3.8, 4) is 11.5 Å². The van der Waals surface area contributed by atoms with Gasteiger partial charge in [-0.2, -0.15) is 0 Å². The summed E-state index contributed by atoms with van der Waals surface area (Å²) in [5.74, 6) is 0.911. The molecule has 0 radical (unpaired) electrons. The van der Waals surface area contributed by atoms with E-state index >= 15 is 0 Å². The second-order valence-electron chi connectivity index (χ2n) is 7.30. The minimum Gasteiger partial charge on any atom is -0.493 e. The lowest BCUT2D eigenvalue weighted by molar-refractivity contribution is 0.277. The van der Waals surface area contributed by atoms with E-state index in [2.05, 4.69) is 52.4 Å². The zero-order chi connectivity index (χ0) is 21.3. The number of rotatable bonds is 10. The second-order valence-corrected chi connectivity index (χ2v) is 8.15. The Hall–Kier alpha value is -2.08. The number of aryl methyl sites for hydroxylation is 1. The predicted molar refractivity (Wildman–Crippen MR) is 130 cm³/mol. The van der Waals surface area contributed by atoms with E-state index in [4.69, 9.17) is 9.47 Å². The molecule has 1 atom stereocenters. The fraction of sp³-hybridized carbons (Fsp3) is 0.280. The molecule has 3 rings (SSSR count). The molecule has 0 aromatic heterocycles. The average molecular weight is 509 g/mol. The highest BCUT2D eigenvalue weighted by Crippen LogP contribution is 2.37. The molecular formula is C25H28BrClFNO2. The van der Waals surface area contributed by atoms with Crippen LogP contribution in [0.15, 0.2) is 71.2 Å². The molecule has 0 aliphatic rings. The molecule has 3 nitrogen and oxygen atoms in total. The highest BCUT2D eigenvalue weighted by molar-refractivity contribution is 9.10. The Kier molecular flexibility index (Phi) is 10.3. The van der Waals surface area contributed by atoms with Gasteiger partial charge in [0.2, 0.25) is 0 Å². The van der Waals surface area contributed by atoms with Gasteiger partial charge >= 0.3 is 0 Å². The summed E-state index contributed by atoms with van der Waals surface area (Å²) in [5.41, 5.74) is 2.94. The van der Waals surface area contributed by atoms with Gasteiger partial charge in [-0.1, -0.05) is 48.5 Å². The quantitative estimate of drug-likeness (QED) is 0.330. The number of benzene rings is 3. The lowest BCUT2D eigenvalue weighted by Gasteiger charge is -2.17. The lowest BCUT2D eigenvalue weighted by atomic mass is 10.1. The van der Waals surface area contributed by atoms with Gasteiger partial charge in [0, 0.05) is 18.2 Å². The molecule has 0 aliphatic heterocycles. The number of halogens is 3. The van der Waals surface area contributed by atoms with Crippen molar-refractivity contribution in [3.63, 3.8) is 0 Å². The van der Waals surface area contributed by atoms with E-state index in [1.165, 1.54) is 11.6 Å². The van der Waals surface area contributed by atoms with E-state index in [1.54, 1.807) is 25.3 Å². The van der Waals surface area contributed by atoms with Crippen LogP contribution in [0.25, 0.3) is 0 Å². The third-order valence-corrected chi connectivity index (χ3v) is 5.57. The van der Waals surface area contributed by atoms with Crippen molar-refractivity contribution in [2.24, 2.45) is 0 Å². The maximum atomic E-state index is 13.9. The first-order valence-corrected chi connectivity index (χ1v) is 10.9. The molecule has 0 aliphatic carbocycles. The van der Waals surface area contributed by atoms with Gasteiger partial charge in [-0.25, -0.2) is 4.39 Å². The molecule has 1 unspecified atom stereocenters. The largest absolute Gasteiger partial charge is 0.493 e. The van der Waals surface area contributed by atoms with Crippen molar-refractivity contribution in [1.29, 1.82) is 0 Å². The first-order valence-electron chi connectivity index (χ1n) is 10.1. The van der Waals surface area contributed by atoms with Crippen molar-refractivity contribution < 1.29 is 13.9 Å². The Morgan fingerprint density at radius 3 is 2.42 bits per heavy atom. The molecule has 0 saturated carbocycles. The van der Waals surface area contributed by atoms with Gasteiger partial charge in [-0.3, -0.25) is 0 Å². The minimum absolute atomic E-state index is 0. The second kappa shape index (κ2) is 12.7. The molecular weight excluding hydrogens is 481 g/mol. The monoisotopic (exact) mass is 507 g/mol. The van der Waals surface area contributed by atoms with Gasteiger partial charge in [-0.05, 0) is 65.0 Å². The molecule has 0 amide bonds. The summed E-state index contributed by atoms with van der Waals surface area (Å²) < 4.78 is 26.0. The molecule has 166 valence electrons. The summed E-state index contributed by atoms with van der Waals surface area (Å²) in [4.78, 5) is 0. The summed E-state index contributed by atoms with van der Waals surface area (Å²) in [7, 11) is 1.61. The molecule has 1 N–H and O–H groups in total. The van der Waals surface area contributed by atoms with Crippen LogP contribution in [0.2, 0.25) is 0 Å². The van der Waals surface area contributed by atoms with E-state index in [1.807, 2.05) is 18.2 Å². The standard InChI is InChI=1S/C25H27BrFNO2.ClH/c1-18(12-13-19-8-4-3-5-9-19)28-16-20-14-22(26)25(24(15-20)29-2)30-17-21-10-6-7-11-23(21)27;/h3-11,14-15,18,28H,12-13,16-17H2,1-2H3;1H. The van der Waals surface area contributed by atoms with Gasteiger partial charge < -0.3 is 14.8 Å². The van der Waals surface area contributed by atoms with Crippen LogP contribution in [-0.2, 0) is 19.6 Å². The number of hydrogen-bond donors (Lipinski definition) is 1. The maximum Gasteiger partial charge on any atom is 0.175 e. The van der Waals surface area contributed by atoms with Crippen LogP contribution in [0, 0.1) is 5.82 Å². The molecule has 0 bridgehead atoms. The topological polar surface area (TPSA) is 30.5 Å². The van der Waals surface area contributed by atoms with Gasteiger partial charge in [0.1, 0.15) is 12.4 Å². The number of ether oxygens (including phenoxy) is 2. The van der Waals surface area contributed by atoms with Gasteiger partial charge in [0.15, 0.2) is 11.5 Å². The predicted octanol–water partition coefficient (Wildman–Crippen LogP) is 6.71. The van der Waals surface area contributed by atoms with Gasteiger partial charge in [-0.15, -0.1) is 12.4 Å². The number of hydrogen-bond acceptors (Lipinski definition) is 3. The fourth-order valence-corrected chi connectivity index (χ4v) is 3.81.